The highest BCUT2D eigenvalue weighted by Gasteiger charge is 2.17. The normalized spacial score (nSPS) is 12.3. The van der Waals surface area contributed by atoms with E-state index >= 15 is 0 Å². The Kier molecular flexibility index (Phi) is 4.73. The summed E-state index contributed by atoms with van der Waals surface area (Å²) in [7, 11) is 1.43. The van der Waals surface area contributed by atoms with Gasteiger partial charge in [0.15, 0.2) is 6.10 Å². The van der Waals surface area contributed by atoms with Gasteiger partial charge in [-0.25, -0.2) is 4.79 Å². The molecule has 0 aliphatic rings. The fourth-order valence-electron chi connectivity index (χ4n) is 1.02. The molecule has 0 aliphatic carbocycles. The van der Waals surface area contributed by atoms with E-state index < -0.39 is 12.1 Å². The summed E-state index contributed by atoms with van der Waals surface area (Å²) in [6, 6.07) is 3.59. The van der Waals surface area contributed by atoms with E-state index in [-0.39, 0.29) is 13.2 Å². The van der Waals surface area contributed by atoms with Crippen molar-refractivity contribution in [3.63, 3.8) is 0 Å². The maximum Gasteiger partial charge on any atom is 0.335 e. The minimum absolute atomic E-state index is 0.0373. The third-order valence-electron chi connectivity index (χ3n) is 1.77. The summed E-state index contributed by atoms with van der Waals surface area (Å²) >= 11 is 0. The molecule has 0 bridgehead atoms. The molecule has 0 aromatic carbocycles. The number of carboxylic acid groups (broad SMARTS) is 1. The third-order valence-corrected chi connectivity index (χ3v) is 1.77. The van der Waals surface area contributed by atoms with Gasteiger partial charge in [-0.2, -0.15) is 0 Å². The lowest BCUT2D eigenvalue weighted by atomic mass is 10.3. The van der Waals surface area contributed by atoms with Gasteiger partial charge in [-0.1, -0.05) is 6.07 Å². The molecule has 0 amide bonds. The van der Waals surface area contributed by atoms with Gasteiger partial charge in [-0.05, 0) is 11.6 Å². The first-order chi connectivity index (χ1) is 7.24. The lowest BCUT2D eigenvalue weighted by Crippen LogP contribution is -2.28. The number of nitrogens with zero attached hydrogens (tertiary/aromatic N) is 1. The van der Waals surface area contributed by atoms with Gasteiger partial charge in [0.2, 0.25) is 0 Å². The zero-order chi connectivity index (χ0) is 11.1. The fraction of sp³-hybridized carbons (Fsp3) is 0.400. The lowest BCUT2D eigenvalue weighted by molar-refractivity contribution is -0.154. The predicted octanol–water partition coefficient (Wildman–Crippen LogP) is 0.698. The molecule has 1 unspecified atom stereocenters. The summed E-state index contributed by atoms with van der Waals surface area (Å²) in [5, 5.41) is 8.76. The van der Waals surface area contributed by atoms with Gasteiger partial charge in [0.1, 0.15) is 0 Å². The average molecular weight is 211 g/mol. The number of rotatable bonds is 6. The molecule has 0 saturated carbocycles. The molecule has 5 nitrogen and oxygen atoms in total. The summed E-state index contributed by atoms with van der Waals surface area (Å²) in [6.45, 7) is 0.254. The highest BCUT2D eigenvalue weighted by molar-refractivity contribution is 5.72. The van der Waals surface area contributed by atoms with E-state index in [0.717, 1.165) is 5.56 Å². The number of aromatic nitrogens is 1. The molecule has 15 heavy (non-hydrogen) atoms. The van der Waals surface area contributed by atoms with E-state index in [1.54, 1.807) is 18.5 Å². The van der Waals surface area contributed by atoms with Crippen molar-refractivity contribution < 1.29 is 19.4 Å². The van der Waals surface area contributed by atoms with Gasteiger partial charge < -0.3 is 14.6 Å². The number of hydrogen-bond acceptors (Lipinski definition) is 4. The molecule has 1 aromatic heterocycles. The molecular weight excluding hydrogens is 198 g/mol. The lowest BCUT2D eigenvalue weighted by Gasteiger charge is -2.12. The van der Waals surface area contributed by atoms with Crippen LogP contribution < -0.4 is 0 Å². The van der Waals surface area contributed by atoms with E-state index in [1.807, 2.05) is 6.07 Å². The molecule has 0 fully saturated rings. The Morgan fingerprint density at radius 1 is 1.67 bits per heavy atom. The number of ether oxygens (including phenoxy) is 2. The molecule has 1 heterocycles. The molecule has 1 atom stereocenters. The minimum atomic E-state index is -1.03. The summed E-state index contributed by atoms with van der Waals surface area (Å²) in [6.07, 6.45) is 2.34. The van der Waals surface area contributed by atoms with Crippen LogP contribution in [0.2, 0.25) is 0 Å². The first kappa shape index (κ1) is 11.6. The average Bonchev–Trinajstić information content (AvgIpc) is 2.25. The van der Waals surface area contributed by atoms with E-state index in [2.05, 4.69) is 4.98 Å². The third kappa shape index (κ3) is 4.05. The zero-order valence-electron chi connectivity index (χ0n) is 8.42. The van der Waals surface area contributed by atoms with Crippen molar-refractivity contribution in [2.45, 2.75) is 12.7 Å². The fourth-order valence-corrected chi connectivity index (χ4v) is 1.02. The van der Waals surface area contributed by atoms with Crippen LogP contribution in [0.4, 0.5) is 0 Å². The molecule has 82 valence electrons. The number of methoxy groups -OCH3 is 1. The van der Waals surface area contributed by atoms with E-state index in [1.165, 1.54) is 7.11 Å². The maximum atomic E-state index is 10.7. The first-order valence-electron chi connectivity index (χ1n) is 4.46. The van der Waals surface area contributed by atoms with Crippen LogP contribution in [-0.2, 0) is 20.9 Å². The van der Waals surface area contributed by atoms with Crippen LogP contribution in [0.3, 0.4) is 0 Å². The Bertz CT molecular complexity index is 302. The largest absolute Gasteiger partial charge is 0.479 e. The number of aliphatic carboxylic acids is 1. The number of hydrogen-bond donors (Lipinski definition) is 1. The van der Waals surface area contributed by atoms with E-state index in [9.17, 15) is 4.79 Å². The van der Waals surface area contributed by atoms with E-state index in [0.29, 0.717) is 0 Å². The molecule has 0 radical (unpaired) electrons. The number of carbonyl (C=O) groups is 1. The monoisotopic (exact) mass is 211 g/mol. The molecular formula is C10H13NO4. The van der Waals surface area contributed by atoms with Crippen molar-refractivity contribution in [1.29, 1.82) is 0 Å². The van der Waals surface area contributed by atoms with Crippen molar-refractivity contribution >= 4 is 5.97 Å². The van der Waals surface area contributed by atoms with Crippen molar-refractivity contribution in [1.82, 2.24) is 4.98 Å². The van der Waals surface area contributed by atoms with Crippen molar-refractivity contribution in [2.24, 2.45) is 0 Å². The summed E-state index contributed by atoms with van der Waals surface area (Å²) < 4.78 is 9.90. The maximum absolute atomic E-state index is 10.7. The first-order valence-corrected chi connectivity index (χ1v) is 4.46. The number of carboxylic acids is 1. The van der Waals surface area contributed by atoms with Crippen molar-refractivity contribution in [3.8, 4) is 0 Å². The Morgan fingerprint density at radius 2 is 2.47 bits per heavy atom. The van der Waals surface area contributed by atoms with Crippen LogP contribution in [0.25, 0.3) is 0 Å². The molecule has 1 N–H and O–H groups in total. The second-order valence-corrected chi connectivity index (χ2v) is 2.95. The topological polar surface area (TPSA) is 68.7 Å². The van der Waals surface area contributed by atoms with Crippen LogP contribution in [0.1, 0.15) is 5.56 Å². The highest BCUT2D eigenvalue weighted by atomic mass is 16.5. The predicted molar refractivity (Wildman–Crippen MR) is 52.3 cm³/mol. The van der Waals surface area contributed by atoms with Gasteiger partial charge in [-0.3, -0.25) is 4.98 Å². The summed E-state index contributed by atoms with van der Waals surface area (Å²) in [5.41, 5.74) is 0.833. The summed E-state index contributed by atoms with van der Waals surface area (Å²) in [5.74, 6) is -1.03. The Morgan fingerprint density at radius 3 is 3.00 bits per heavy atom. The standard InChI is InChI=1S/C10H13NO4/c1-14-7-9(10(12)13)15-6-8-3-2-4-11-5-8/h2-5,9H,6-7H2,1H3,(H,12,13). The van der Waals surface area contributed by atoms with Gasteiger partial charge in [0, 0.05) is 19.5 Å². The molecule has 0 spiro atoms. The summed E-state index contributed by atoms with van der Waals surface area (Å²) in [4.78, 5) is 14.6. The van der Waals surface area contributed by atoms with Gasteiger partial charge in [0.05, 0.1) is 13.2 Å². The van der Waals surface area contributed by atoms with E-state index in [4.69, 9.17) is 14.6 Å². The number of pyridine rings is 1. The van der Waals surface area contributed by atoms with Crippen LogP contribution >= 0.6 is 0 Å². The SMILES string of the molecule is COCC(OCc1cccnc1)C(=O)O. The van der Waals surface area contributed by atoms with Crippen LogP contribution in [0.5, 0.6) is 0 Å². The van der Waals surface area contributed by atoms with Gasteiger partial charge >= 0.3 is 5.97 Å². The zero-order valence-corrected chi connectivity index (χ0v) is 8.42. The van der Waals surface area contributed by atoms with Crippen LogP contribution in [0, 0.1) is 0 Å². The van der Waals surface area contributed by atoms with Crippen molar-refractivity contribution in [3.05, 3.63) is 30.1 Å². The molecule has 1 aromatic rings. The minimum Gasteiger partial charge on any atom is -0.479 e. The second kappa shape index (κ2) is 6.10. The quantitative estimate of drug-likeness (QED) is 0.750. The van der Waals surface area contributed by atoms with Crippen molar-refractivity contribution in [2.75, 3.05) is 13.7 Å². The molecule has 1 rings (SSSR count). The van der Waals surface area contributed by atoms with Crippen LogP contribution in [-0.4, -0.2) is 35.9 Å². The van der Waals surface area contributed by atoms with Crippen LogP contribution in [0.15, 0.2) is 24.5 Å². The Balaban J connectivity index is 2.43. The molecule has 0 saturated heterocycles. The molecule has 5 heteroatoms. The smallest absolute Gasteiger partial charge is 0.335 e. The van der Waals surface area contributed by atoms with Gasteiger partial charge in [0.25, 0.3) is 0 Å². The highest BCUT2D eigenvalue weighted by Crippen LogP contribution is 2.02. The molecule has 0 aliphatic heterocycles. The second-order valence-electron chi connectivity index (χ2n) is 2.95. The Hall–Kier alpha value is -1.46. The van der Waals surface area contributed by atoms with Gasteiger partial charge in [-0.15, -0.1) is 0 Å². The Labute approximate surface area is 87.7 Å².